The summed E-state index contributed by atoms with van der Waals surface area (Å²) in [6.45, 7) is 3.47. The first kappa shape index (κ1) is 19.2. The SMILES string of the molecule is CC[C@@H](OC(=O)/C=C/c1ccc([N+](=O)[O-])cc1)C(=O)Nc1nnc(C)s1. The van der Waals surface area contributed by atoms with E-state index < -0.39 is 22.9 Å². The summed E-state index contributed by atoms with van der Waals surface area (Å²) in [5.74, 6) is -1.18. The van der Waals surface area contributed by atoms with E-state index >= 15 is 0 Å². The maximum atomic E-state index is 12.1. The van der Waals surface area contributed by atoms with Crippen LogP contribution in [0.5, 0.6) is 0 Å². The third kappa shape index (κ3) is 5.45. The van der Waals surface area contributed by atoms with Crippen LogP contribution in [0.1, 0.15) is 23.9 Å². The number of nitro groups is 1. The van der Waals surface area contributed by atoms with Crippen LogP contribution in [0.15, 0.2) is 30.3 Å². The Balaban J connectivity index is 1.93. The number of nitrogens with zero attached hydrogens (tertiary/aromatic N) is 3. The van der Waals surface area contributed by atoms with Crippen molar-refractivity contribution in [3.8, 4) is 0 Å². The number of aromatic nitrogens is 2. The summed E-state index contributed by atoms with van der Waals surface area (Å²) in [4.78, 5) is 34.1. The second-order valence-electron chi connectivity index (χ2n) is 5.13. The molecule has 0 unspecified atom stereocenters. The number of aryl methyl sites for hydroxylation is 1. The van der Waals surface area contributed by atoms with Crippen molar-refractivity contribution in [1.82, 2.24) is 10.2 Å². The fourth-order valence-corrected chi connectivity index (χ4v) is 2.50. The Bertz CT molecular complexity index is 831. The zero-order valence-electron chi connectivity index (χ0n) is 14.0. The molecular weight excluding hydrogens is 360 g/mol. The monoisotopic (exact) mass is 376 g/mol. The first-order valence-corrected chi connectivity index (χ1v) is 8.44. The number of rotatable bonds is 7. The van der Waals surface area contributed by atoms with Crippen LogP contribution >= 0.6 is 11.3 Å². The van der Waals surface area contributed by atoms with Gasteiger partial charge in [0.1, 0.15) is 5.01 Å². The lowest BCUT2D eigenvalue weighted by Gasteiger charge is -2.13. The highest BCUT2D eigenvalue weighted by Gasteiger charge is 2.21. The Morgan fingerprint density at radius 3 is 2.58 bits per heavy atom. The normalized spacial score (nSPS) is 11.9. The van der Waals surface area contributed by atoms with Crippen molar-refractivity contribution in [2.24, 2.45) is 0 Å². The lowest BCUT2D eigenvalue weighted by Crippen LogP contribution is -2.31. The van der Waals surface area contributed by atoms with Crippen LogP contribution in [0, 0.1) is 17.0 Å². The van der Waals surface area contributed by atoms with E-state index in [2.05, 4.69) is 15.5 Å². The van der Waals surface area contributed by atoms with E-state index in [4.69, 9.17) is 4.74 Å². The summed E-state index contributed by atoms with van der Waals surface area (Å²) in [7, 11) is 0. The van der Waals surface area contributed by atoms with Gasteiger partial charge in [0.2, 0.25) is 5.13 Å². The summed E-state index contributed by atoms with van der Waals surface area (Å²) >= 11 is 1.22. The number of carbonyl (C=O) groups excluding carboxylic acids is 2. The molecule has 0 spiro atoms. The van der Waals surface area contributed by atoms with Crippen LogP contribution in [0.3, 0.4) is 0 Å². The van der Waals surface area contributed by atoms with E-state index in [-0.39, 0.29) is 5.69 Å². The number of hydrogen-bond acceptors (Lipinski definition) is 8. The molecule has 0 aliphatic rings. The molecule has 0 aliphatic heterocycles. The molecule has 0 bridgehead atoms. The van der Waals surface area contributed by atoms with Crippen molar-refractivity contribution < 1.29 is 19.2 Å². The Morgan fingerprint density at radius 2 is 2.04 bits per heavy atom. The van der Waals surface area contributed by atoms with Gasteiger partial charge in [0.05, 0.1) is 4.92 Å². The van der Waals surface area contributed by atoms with Crippen molar-refractivity contribution in [3.05, 3.63) is 51.0 Å². The highest BCUT2D eigenvalue weighted by molar-refractivity contribution is 7.15. The van der Waals surface area contributed by atoms with E-state index in [0.717, 1.165) is 6.08 Å². The Hall–Kier alpha value is -3.14. The van der Waals surface area contributed by atoms with Gasteiger partial charge in [-0.3, -0.25) is 20.2 Å². The van der Waals surface area contributed by atoms with E-state index in [1.54, 1.807) is 13.8 Å². The van der Waals surface area contributed by atoms with Crippen molar-refractivity contribution >= 4 is 40.1 Å². The van der Waals surface area contributed by atoms with Crippen LogP contribution in [0.25, 0.3) is 6.08 Å². The largest absolute Gasteiger partial charge is 0.449 e. The maximum Gasteiger partial charge on any atom is 0.331 e. The molecule has 1 amide bonds. The van der Waals surface area contributed by atoms with Gasteiger partial charge in [-0.15, -0.1) is 10.2 Å². The summed E-state index contributed by atoms with van der Waals surface area (Å²) in [6.07, 6.45) is 1.94. The average molecular weight is 376 g/mol. The predicted molar refractivity (Wildman–Crippen MR) is 95.6 cm³/mol. The Kier molecular flexibility index (Phi) is 6.50. The number of ether oxygens (including phenoxy) is 1. The number of benzene rings is 1. The number of esters is 1. The molecule has 2 rings (SSSR count). The highest BCUT2D eigenvalue weighted by Crippen LogP contribution is 2.15. The molecule has 136 valence electrons. The van der Waals surface area contributed by atoms with E-state index in [9.17, 15) is 19.7 Å². The first-order valence-electron chi connectivity index (χ1n) is 7.63. The minimum atomic E-state index is -0.965. The number of anilines is 1. The van der Waals surface area contributed by atoms with E-state index in [0.29, 0.717) is 22.1 Å². The molecule has 1 aromatic heterocycles. The minimum Gasteiger partial charge on any atom is -0.449 e. The zero-order chi connectivity index (χ0) is 19.1. The van der Waals surface area contributed by atoms with Crippen molar-refractivity contribution in [3.63, 3.8) is 0 Å². The predicted octanol–water partition coefficient (Wildman–Crippen LogP) is 2.73. The van der Waals surface area contributed by atoms with Gasteiger partial charge in [0, 0.05) is 18.2 Å². The topological polar surface area (TPSA) is 124 Å². The summed E-state index contributed by atoms with van der Waals surface area (Å²) in [5.41, 5.74) is 0.550. The van der Waals surface area contributed by atoms with Gasteiger partial charge in [0.25, 0.3) is 11.6 Å². The second-order valence-corrected chi connectivity index (χ2v) is 6.31. The number of amides is 1. The molecule has 0 radical (unpaired) electrons. The standard InChI is InChI=1S/C16H16N4O5S/c1-3-13(15(22)17-16-19-18-10(2)26-16)25-14(21)9-6-11-4-7-12(8-5-11)20(23)24/h4-9,13H,3H2,1-2H3,(H,17,19,22)/b9-6+/t13-/m1/s1. The quantitative estimate of drug-likeness (QED) is 0.341. The molecule has 1 aromatic carbocycles. The second kappa shape index (κ2) is 8.81. The van der Waals surface area contributed by atoms with Crippen molar-refractivity contribution in [2.45, 2.75) is 26.4 Å². The first-order chi connectivity index (χ1) is 12.4. The molecule has 1 heterocycles. The number of hydrogen-bond donors (Lipinski definition) is 1. The average Bonchev–Trinajstić information content (AvgIpc) is 3.02. The van der Waals surface area contributed by atoms with Crippen molar-refractivity contribution in [2.75, 3.05) is 5.32 Å². The van der Waals surface area contributed by atoms with E-state index in [1.807, 2.05) is 0 Å². The molecule has 1 atom stereocenters. The van der Waals surface area contributed by atoms with Crippen LogP contribution in [-0.2, 0) is 14.3 Å². The fourth-order valence-electron chi connectivity index (χ4n) is 1.91. The summed E-state index contributed by atoms with van der Waals surface area (Å²) in [5, 5.41) is 21.8. The third-order valence-electron chi connectivity index (χ3n) is 3.19. The molecule has 1 N–H and O–H groups in total. The van der Waals surface area contributed by atoms with Crippen LogP contribution in [0.2, 0.25) is 0 Å². The fraction of sp³-hybridized carbons (Fsp3) is 0.250. The van der Waals surface area contributed by atoms with Crippen LogP contribution in [0.4, 0.5) is 10.8 Å². The Labute approximate surface area is 152 Å². The van der Waals surface area contributed by atoms with Crippen LogP contribution in [-0.4, -0.2) is 33.1 Å². The molecule has 26 heavy (non-hydrogen) atoms. The van der Waals surface area contributed by atoms with Gasteiger partial charge in [-0.05, 0) is 37.1 Å². The van der Waals surface area contributed by atoms with Crippen LogP contribution < -0.4 is 5.32 Å². The number of nitro benzene ring substituents is 1. The molecule has 2 aromatic rings. The highest BCUT2D eigenvalue weighted by atomic mass is 32.1. The van der Waals surface area contributed by atoms with E-state index in [1.165, 1.54) is 41.7 Å². The molecular formula is C16H16N4O5S. The molecule has 0 fully saturated rings. The van der Waals surface area contributed by atoms with Gasteiger partial charge in [-0.25, -0.2) is 4.79 Å². The number of non-ortho nitro benzene ring substituents is 1. The summed E-state index contributed by atoms with van der Waals surface area (Å²) in [6, 6.07) is 5.67. The third-order valence-corrected chi connectivity index (χ3v) is 3.95. The molecule has 0 saturated carbocycles. The van der Waals surface area contributed by atoms with Gasteiger partial charge < -0.3 is 4.74 Å². The minimum absolute atomic E-state index is 0.0423. The lowest BCUT2D eigenvalue weighted by atomic mass is 10.2. The maximum absolute atomic E-state index is 12.1. The van der Waals surface area contributed by atoms with Gasteiger partial charge in [0.15, 0.2) is 6.10 Å². The molecule has 0 aliphatic carbocycles. The zero-order valence-corrected chi connectivity index (χ0v) is 14.9. The van der Waals surface area contributed by atoms with Gasteiger partial charge in [-0.1, -0.05) is 18.3 Å². The molecule has 10 heteroatoms. The smallest absolute Gasteiger partial charge is 0.331 e. The van der Waals surface area contributed by atoms with Gasteiger partial charge in [-0.2, -0.15) is 0 Å². The summed E-state index contributed by atoms with van der Waals surface area (Å²) < 4.78 is 5.13. The molecule has 0 saturated heterocycles. The Morgan fingerprint density at radius 1 is 1.35 bits per heavy atom. The number of nitrogens with one attached hydrogen (secondary N) is 1. The van der Waals surface area contributed by atoms with Crippen molar-refractivity contribution in [1.29, 1.82) is 0 Å². The lowest BCUT2D eigenvalue weighted by molar-refractivity contribution is -0.384. The molecule has 9 nitrogen and oxygen atoms in total. The van der Waals surface area contributed by atoms with Gasteiger partial charge >= 0.3 is 5.97 Å². The number of carbonyl (C=O) groups is 2.